The number of hydrogen-bond acceptors (Lipinski definition) is 18. The van der Waals surface area contributed by atoms with Gasteiger partial charge in [-0.25, -0.2) is 4.79 Å². The molecule has 466 valence electrons. The molecule has 25 heteroatoms. The van der Waals surface area contributed by atoms with E-state index in [4.69, 9.17) is 66.5 Å². The van der Waals surface area contributed by atoms with Gasteiger partial charge in [-0.05, 0) is 141 Å². The number of fused-ring (bicyclic) bond motifs is 3. The molecular weight excluding hydrogens is 1170 g/mol. The van der Waals surface area contributed by atoms with Gasteiger partial charge in [-0.15, -0.1) is 0 Å². The molecule has 1 amide bonds. The number of aliphatic hydroxyl groups is 2. The maximum absolute atomic E-state index is 14.5. The highest BCUT2D eigenvalue weighted by atomic mass is 35.9. The third-order valence-corrected chi connectivity index (χ3v) is 17.8. The van der Waals surface area contributed by atoms with Crippen LogP contribution in [0.1, 0.15) is 126 Å². The van der Waals surface area contributed by atoms with Gasteiger partial charge in [0.15, 0.2) is 5.78 Å². The van der Waals surface area contributed by atoms with Crippen LogP contribution in [0.15, 0.2) is 47.6 Å². The molecule has 3 aliphatic heterocycles. The van der Waals surface area contributed by atoms with Crippen LogP contribution >= 0.6 is 53.9 Å². The molecule has 3 fully saturated rings. The Kier molecular flexibility index (Phi) is 32.5. The lowest BCUT2D eigenvalue weighted by atomic mass is 9.78. The first kappa shape index (κ1) is 75.2. The van der Waals surface area contributed by atoms with Gasteiger partial charge < -0.3 is 52.4 Å². The van der Waals surface area contributed by atoms with Crippen LogP contribution in [-0.2, 0) is 74.9 Å². The zero-order valence-corrected chi connectivity index (χ0v) is 55.0. The monoisotopic (exact) mass is 1270 g/mol. The van der Waals surface area contributed by atoms with Crippen LogP contribution in [0.3, 0.4) is 0 Å². The number of amides is 1. The highest BCUT2D eigenvalue weighted by Crippen LogP contribution is 2.52. The summed E-state index contributed by atoms with van der Waals surface area (Å²) in [6.45, 7) is 14.0. The van der Waals surface area contributed by atoms with E-state index in [0.29, 0.717) is 69.8 Å². The summed E-state index contributed by atoms with van der Waals surface area (Å²) < 4.78 is 77.5. The number of halogens is 3. The summed E-state index contributed by atoms with van der Waals surface area (Å²) >= 11 is 14.8. The number of nitrogens with zero attached hydrogens (tertiary/aromatic N) is 1. The van der Waals surface area contributed by atoms with Gasteiger partial charge in [0.25, 0.3) is 18.4 Å². The quantitative estimate of drug-likeness (QED) is 0.0892. The molecule has 19 nitrogen and oxygen atoms in total. The number of aliphatic hydroxyl groups excluding tert-OH is 1. The van der Waals surface area contributed by atoms with Crippen molar-refractivity contribution in [1.29, 1.82) is 0 Å². The van der Waals surface area contributed by atoms with Crippen molar-refractivity contribution in [3.05, 3.63) is 47.6 Å². The second-order valence-electron chi connectivity index (χ2n) is 22.3. The van der Waals surface area contributed by atoms with Gasteiger partial charge >= 0.3 is 13.6 Å². The van der Waals surface area contributed by atoms with Gasteiger partial charge in [0.2, 0.25) is 11.6 Å². The maximum atomic E-state index is 14.5. The van der Waals surface area contributed by atoms with E-state index < -0.39 is 110 Å². The third-order valence-electron chi connectivity index (χ3n) is 15.4. The maximum Gasteiger partial charge on any atom is 0.329 e. The van der Waals surface area contributed by atoms with Crippen molar-refractivity contribution in [3.63, 3.8) is 0 Å². The number of ether oxygens (including phenoxy) is 5. The molecule has 2 saturated heterocycles. The lowest BCUT2D eigenvalue weighted by molar-refractivity contribution is -0.265. The SMILES string of the molecule is COP(C)(=O)Cl.CO[C@H]1C[C@@H]2CC[C@@H](C)[C@@](O)(O2)C(=O)C(=O)N2CCCCC2C(=O)O[C@H]([C@H](C)C[C@@H]2CCC(OP(C)(=O)OC)[C@H](OC)C2)CC(=O)[C@H](C)/C=C(\C)[C@@H](O)[C@@H](OC)C(=O)[C@H](C)C[C@H](C)/C=C/C=CC=C1C.CP(=O)(Cl)Cl. The zero-order valence-electron chi connectivity index (χ0n) is 50.1. The minimum absolute atomic E-state index is 0.00690. The lowest BCUT2D eigenvalue weighted by Gasteiger charge is -2.42. The Labute approximate surface area is 496 Å². The average Bonchev–Trinajstić information content (AvgIpc) is 3.39. The summed E-state index contributed by atoms with van der Waals surface area (Å²) in [6, 6.07) is -1.17. The van der Waals surface area contributed by atoms with Crippen LogP contribution in [0.5, 0.6) is 0 Å². The molecule has 4 unspecified atom stereocenters. The Balaban J connectivity index is 0.00000185. The fraction of sp³-hybridized carbons (Fsp3) is 0.768. The van der Waals surface area contributed by atoms with Crippen molar-refractivity contribution in [2.75, 3.05) is 62.1 Å². The summed E-state index contributed by atoms with van der Waals surface area (Å²) in [7, 11) is 3.86. The van der Waals surface area contributed by atoms with Crippen LogP contribution in [0, 0.1) is 35.5 Å². The fourth-order valence-electron chi connectivity index (χ4n) is 10.5. The van der Waals surface area contributed by atoms with Crippen molar-refractivity contribution in [3.8, 4) is 0 Å². The molecule has 2 N–H and O–H groups in total. The van der Waals surface area contributed by atoms with Crippen molar-refractivity contribution in [1.82, 2.24) is 4.90 Å². The van der Waals surface area contributed by atoms with Gasteiger partial charge in [0.05, 0.1) is 24.4 Å². The molecule has 1 aliphatic carbocycles. The van der Waals surface area contributed by atoms with E-state index in [1.807, 2.05) is 58.1 Å². The van der Waals surface area contributed by atoms with Crippen LogP contribution in [0.4, 0.5) is 0 Å². The number of carbonyl (C=O) groups is 5. The highest BCUT2D eigenvalue weighted by Gasteiger charge is 2.53. The zero-order chi connectivity index (χ0) is 61.8. The molecule has 17 atom stereocenters. The highest BCUT2D eigenvalue weighted by molar-refractivity contribution is 8.08. The lowest BCUT2D eigenvalue weighted by Crippen LogP contribution is -2.61. The average molecular weight is 1270 g/mol. The minimum atomic E-state index is -3.30. The smallest absolute Gasteiger partial charge is 0.329 e. The number of methoxy groups -OCH3 is 3. The Morgan fingerprint density at radius 1 is 0.790 bits per heavy atom. The first-order valence-corrected chi connectivity index (χ1v) is 36.6. The Morgan fingerprint density at radius 3 is 1.99 bits per heavy atom. The van der Waals surface area contributed by atoms with Crippen molar-refractivity contribution >= 4 is 83.1 Å². The number of ketones is 3. The normalized spacial score (nSPS) is 35.1. The van der Waals surface area contributed by atoms with Crippen LogP contribution in [0.2, 0.25) is 0 Å². The van der Waals surface area contributed by atoms with E-state index in [2.05, 4.69) is 4.52 Å². The van der Waals surface area contributed by atoms with Gasteiger partial charge in [-0.3, -0.25) is 32.9 Å². The van der Waals surface area contributed by atoms with Crippen molar-refractivity contribution in [2.45, 2.75) is 180 Å². The van der Waals surface area contributed by atoms with Gasteiger partial charge in [-0.1, -0.05) is 71.1 Å². The molecule has 2 bridgehead atoms. The number of esters is 1. The fourth-order valence-corrected chi connectivity index (χ4v) is 11.3. The van der Waals surface area contributed by atoms with Crippen LogP contribution in [0.25, 0.3) is 0 Å². The Bertz CT molecular complexity index is 2330. The van der Waals surface area contributed by atoms with E-state index >= 15 is 0 Å². The largest absolute Gasteiger partial charge is 0.460 e. The van der Waals surface area contributed by atoms with Crippen LogP contribution in [-0.4, -0.2) is 161 Å². The Hall–Kier alpha value is -1.89. The van der Waals surface area contributed by atoms with Gasteiger partial charge in [0, 0.05) is 92.7 Å². The number of hydrogen-bond donors (Lipinski definition) is 2. The topological polar surface area (TPSA) is 254 Å². The number of rotatable bonds is 10. The van der Waals surface area contributed by atoms with Crippen molar-refractivity contribution < 1.29 is 85.1 Å². The first-order chi connectivity index (χ1) is 37.6. The minimum Gasteiger partial charge on any atom is -0.460 e. The molecule has 0 radical (unpaired) electrons. The number of carbonyl (C=O) groups excluding carboxylic acids is 5. The summed E-state index contributed by atoms with van der Waals surface area (Å²) in [5.74, 6) is -11.0. The van der Waals surface area contributed by atoms with E-state index in [1.54, 1.807) is 41.1 Å². The number of cyclic esters (lactones) is 1. The molecule has 0 aromatic rings. The summed E-state index contributed by atoms with van der Waals surface area (Å²) in [4.78, 5) is 72.3. The predicted octanol–water partition coefficient (Wildman–Crippen LogP) is 11.7. The molecule has 4 rings (SSSR count). The third kappa shape index (κ3) is 25.5. The molecule has 1 saturated carbocycles. The van der Waals surface area contributed by atoms with Gasteiger partial charge in [-0.2, -0.15) is 0 Å². The molecule has 4 aliphatic rings. The molecule has 0 spiro atoms. The summed E-state index contributed by atoms with van der Waals surface area (Å²) in [6.07, 6.45) is 10.8. The first-order valence-electron chi connectivity index (χ1n) is 27.7. The number of allylic oxidation sites excluding steroid dienone is 6. The second kappa shape index (κ2) is 35.1. The molecule has 81 heavy (non-hydrogen) atoms. The van der Waals surface area contributed by atoms with E-state index in [0.717, 1.165) is 5.57 Å². The van der Waals surface area contributed by atoms with E-state index in [-0.39, 0.29) is 48.7 Å². The molecule has 3 heterocycles. The van der Waals surface area contributed by atoms with Crippen LogP contribution < -0.4 is 0 Å². The van der Waals surface area contributed by atoms with Gasteiger partial charge in [0.1, 0.15) is 30.1 Å². The van der Waals surface area contributed by atoms with E-state index in [1.165, 1.54) is 46.2 Å². The van der Waals surface area contributed by atoms with E-state index in [9.17, 15) is 47.9 Å². The number of Topliss-reactive ketones (excluding diaryl/α,β-unsaturated/α-hetero) is 3. The number of piperidine rings is 1. The predicted molar refractivity (Wildman–Crippen MR) is 316 cm³/mol. The second-order valence-corrected chi connectivity index (χ2v) is 33.9. The molecule has 0 aromatic carbocycles. The standard InChI is InChI=1S/C53H84NO15P.C2H6ClO2P.CH3Cl2OP/c1-32-18-14-13-15-19-33(2)44(63-8)30-40-23-21-38(7)53(61,68-40)50(58)51(59)54-25-17-16-20-41(54)52(60)67-45(35(4)28-39-22-24-43(46(29-39)64-9)69-70(12,62)66-11)31-42(55)34(3)27-37(6)48(57)49(65-10)47(56)36(5)26-32;1-5-6(2,3)4;1-5(2,3)4/h13-15,18-19,27,32,34-36,38-41,43-46,48-49,57,61H,16-17,20-26,28-31H2,1-12H3;1-2H3;1H3/b15-13?,18-14+,33-19?,37-27+;;/t32-,34-,35-,36-,38-,39+,40+,41?,43?,44+,45+,46-,48-,49+,53-,70?;;/m1../s1. The molecule has 0 aromatic heterocycles. The van der Waals surface area contributed by atoms with Crippen molar-refractivity contribution in [2.24, 2.45) is 35.5 Å². The summed E-state index contributed by atoms with van der Waals surface area (Å²) in [5, 5.41) is 23.5. The Morgan fingerprint density at radius 2 is 1.42 bits per heavy atom. The summed E-state index contributed by atoms with van der Waals surface area (Å²) in [5.41, 5.74) is 1.24. The molecular formula is C56H93Cl3NO18P3.